The predicted molar refractivity (Wildman–Crippen MR) is 128 cm³/mol. The first-order chi connectivity index (χ1) is 16.2. The molecule has 3 aromatic carbocycles. The molecule has 0 spiro atoms. The first-order valence-corrected chi connectivity index (χ1v) is 11.5. The fraction of sp³-hybridized carbons (Fsp3) is 0.160. The molecule has 1 N–H and O–H groups in total. The van der Waals surface area contributed by atoms with E-state index in [2.05, 4.69) is 10.3 Å². The van der Waals surface area contributed by atoms with Crippen LogP contribution in [0.5, 0.6) is 11.5 Å². The summed E-state index contributed by atoms with van der Waals surface area (Å²) in [7, 11) is 0. The number of aromatic nitrogens is 2. The summed E-state index contributed by atoms with van der Waals surface area (Å²) < 4.78 is 12.7. The Balaban J connectivity index is 1.37. The van der Waals surface area contributed by atoms with Gasteiger partial charge in [-0.15, -0.1) is 0 Å². The lowest BCUT2D eigenvalue weighted by molar-refractivity contribution is -0.113. The molecule has 1 aromatic heterocycles. The van der Waals surface area contributed by atoms with Crippen molar-refractivity contribution in [3.8, 4) is 11.5 Å². The summed E-state index contributed by atoms with van der Waals surface area (Å²) in [6.07, 6.45) is 0. The third-order valence-corrected chi connectivity index (χ3v) is 6.14. The Kier molecular flexibility index (Phi) is 5.99. The molecule has 4 aromatic rings. The second-order valence-corrected chi connectivity index (χ2v) is 8.43. The van der Waals surface area contributed by atoms with Gasteiger partial charge >= 0.3 is 0 Å². The molecule has 0 saturated heterocycles. The lowest BCUT2D eigenvalue weighted by Gasteiger charge is -2.19. The molecular weight excluding hydrogens is 438 g/mol. The van der Waals surface area contributed by atoms with Gasteiger partial charge in [0.25, 0.3) is 5.56 Å². The minimum atomic E-state index is -0.203. The number of nitrogens with one attached hydrogen (secondary N) is 1. The number of nitrogens with zero attached hydrogens (tertiary/aromatic N) is 2. The molecule has 33 heavy (non-hydrogen) atoms. The van der Waals surface area contributed by atoms with Crippen LogP contribution in [0, 0.1) is 0 Å². The Bertz CT molecular complexity index is 1370. The summed E-state index contributed by atoms with van der Waals surface area (Å²) in [4.78, 5) is 30.5. The van der Waals surface area contributed by atoms with Gasteiger partial charge in [0.15, 0.2) is 16.7 Å². The predicted octanol–water partition coefficient (Wildman–Crippen LogP) is 3.95. The van der Waals surface area contributed by atoms with Gasteiger partial charge < -0.3 is 14.8 Å². The van der Waals surface area contributed by atoms with E-state index in [9.17, 15) is 9.59 Å². The molecule has 5 rings (SSSR count). The third-order valence-electron chi connectivity index (χ3n) is 5.17. The number of thioether (sulfide) groups is 1. The molecule has 0 bridgehead atoms. The zero-order valence-corrected chi connectivity index (χ0v) is 18.5. The first kappa shape index (κ1) is 21.1. The monoisotopic (exact) mass is 459 g/mol. The summed E-state index contributed by atoms with van der Waals surface area (Å²) in [6, 6.07) is 22.3. The molecule has 8 heteroatoms. The van der Waals surface area contributed by atoms with Crippen LogP contribution < -0.4 is 20.3 Å². The van der Waals surface area contributed by atoms with Crippen LogP contribution >= 0.6 is 11.8 Å². The number of benzene rings is 3. The molecule has 1 amide bonds. The van der Waals surface area contributed by atoms with Gasteiger partial charge in [-0.05, 0) is 29.8 Å². The van der Waals surface area contributed by atoms with Crippen molar-refractivity contribution < 1.29 is 14.3 Å². The molecule has 0 atom stereocenters. The van der Waals surface area contributed by atoms with E-state index < -0.39 is 0 Å². The molecule has 0 saturated carbocycles. The highest BCUT2D eigenvalue weighted by Gasteiger charge is 2.15. The Labute approximate surface area is 194 Å². The second kappa shape index (κ2) is 9.38. The number of carbonyl (C=O) groups excluding carboxylic acids is 1. The molecule has 1 aliphatic rings. The molecule has 0 radical (unpaired) electrons. The number of hydrogen-bond donors (Lipinski definition) is 1. The number of amides is 1. The summed E-state index contributed by atoms with van der Waals surface area (Å²) in [5, 5.41) is 3.93. The van der Waals surface area contributed by atoms with Gasteiger partial charge in [-0.25, -0.2) is 4.98 Å². The van der Waals surface area contributed by atoms with Crippen molar-refractivity contribution in [2.75, 3.05) is 24.3 Å². The highest BCUT2D eigenvalue weighted by atomic mass is 32.2. The molecule has 166 valence electrons. The quantitative estimate of drug-likeness (QED) is 0.347. The minimum Gasteiger partial charge on any atom is -0.486 e. The van der Waals surface area contributed by atoms with Crippen molar-refractivity contribution in [1.29, 1.82) is 0 Å². The summed E-state index contributed by atoms with van der Waals surface area (Å²) >= 11 is 1.24. The number of anilines is 1. The lowest BCUT2D eigenvalue weighted by Crippen LogP contribution is -2.25. The van der Waals surface area contributed by atoms with Crippen molar-refractivity contribution in [1.82, 2.24) is 9.55 Å². The molecule has 0 fully saturated rings. The van der Waals surface area contributed by atoms with Crippen LogP contribution in [0.3, 0.4) is 0 Å². The number of hydrogen-bond acceptors (Lipinski definition) is 6. The number of rotatable bonds is 6. The minimum absolute atomic E-state index is 0.105. The average molecular weight is 460 g/mol. The standard InChI is InChI=1S/C25H21N3O4S/c29-23(26-18-10-11-21-22(14-18)32-13-12-31-21)16-33-25-27-20-9-5-4-8-19(20)24(30)28(25)15-17-6-2-1-3-7-17/h1-11,14H,12-13,15-16H2,(H,26,29). The van der Waals surface area contributed by atoms with E-state index in [0.717, 1.165) is 5.56 Å². The average Bonchev–Trinajstić information content (AvgIpc) is 2.85. The largest absolute Gasteiger partial charge is 0.486 e. The van der Waals surface area contributed by atoms with E-state index in [0.29, 0.717) is 53.0 Å². The van der Waals surface area contributed by atoms with E-state index in [1.54, 1.807) is 28.8 Å². The van der Waals surface area contributed by atoms with E-state index in [1.807, 2.05) is 48.5 Å². The van der Waals surface area contributed by atoms with Crippen LogP contribution in [0.15, 0.2) is 82.7 Å². The van der Waals surface area contributed by atoms with Crippen LogP contribution in [0.2, 0.25) is 0 Å². The van der Waals surface area contributed by atoms with Crippen LogP contribution in [-0.2, 0) is 11.3 Å². The molecule has 2 heterocycles. The second-order valence-electron chi connectivity index (χ2n) is 7.48. The van der Waals surface area contributed by atoms with Crippen molar-refractivity contribution >= 4 is 34.3 Å². The van der Waals surface area contributed by atoms with E-state index in [4.69, 9.17) is 9.47 Å². The van der Waals surface area contributed by atoms with Gasteiger partial charge in [-0.2, -0.15) is 0 Å². The van der Waals surface area contributed by atoms with Crippen LogP contribution in [-0.4, -0.2) is 34.4 Å². The lowest BCUT2D eigenvalue weighted by atomic mass is 10.2. The smallest absolute Gasteiger partial charge is 0.262 e. The van der Waals surface area contributed by atoms with Crippen molar-refractivity contribution in [2.45, 2.75) is 11.7 Å². The number of ether oxygens (including phenoxy) is 2. The zero-order chi connectivity index (χ0) is 22.6. The van der Waals surface area contributed by atoms with E-state index in [-0.39, 0.29) is 17.2 Å². The van der Waals surface area contributed by atoms with Gasteiger partial charge in [0.2, 0.25) is 5.91 Å². The highest BCUT2D eigenvalue weighted by molar-refractivity contribution is 7.99. The SMILES string of the molecule is O=C(CSc1nc2ccccc2c(=O)n1Cc1ccccc1)Nc1ccc2c(c1)OCCO2. The maximum atomic E-state index is 13.2. The summed E-state index contributed by atoms with van der Waals surface area (Å²) in [5.74, 6) is 1.18. The van der Waals surface area contributed by atoms with Gasteiger partial charge in [0, 0.05) is 11.8 Å². The van der Waals surface area contributed by atoms with E-state index >= 15 is 0 Å². The van der Waals surface area contributed by atoms with Gasteiger partial charge in [-0.1, -0.05) is 54.2 Å². The molecule has 0 aliphatic carbocycles. The maximum Gasteiger partial charge on any atom is 0.262 e. The van der Waals surface area contributed by atoms with Crippen molar-refractivity contribution in [3.05, 3.63) is 88.7 Å². The number of para-hydroxylation sites is 1. The van der Waals surface area contributed by atoms with Gasteiger partial charge in [-0.3, -0.25) is 14.2 Å². The normalized spacial score (nSPS) is 12.5. The van der Waals surface area contributed by atoms with E-state index in [1.165, 1.54) is 11.8 Å². The fourth-order valence-electron chi connectivity index (χ4n) is 3.61. The number of carbonyl (C=O) groups is 1. The number of fused-ring (bicyclic) bond motifs is 2. The van der Waals surface area contributed by atoms with Gasteiger partial charge in [0.1, 0.15) is 13.2 Å². The molecule has 7 nitrogen and oxygen atoms in total. The van der Waals surface area contributed by atoms with Gasteiger partial charge in [0.05, 0.1) is 23.2 Å². The fourth-order valence-corrected chi connectivity index (χ4v) is 4.41. The summed E-state index contributed by atoms with van der Waals surface area (Å²) in [6.45, 7) is 1.37. The Morgan fingerprint density at radius 2 is 1.73 bits per heavy atom. The summed E-state index contributed by atoms with van der Waals surface area (Å²) in [5.41, 5.74) is 2.10. The Morgan fingerprint density at radius 3 is 2.58 bits per heavy atom. The topological polar surface area (TPSA) is 82.5 Å². The maximum absolute atomic E-state index is 13.2. The van der Waals surface area contributed by atoms with Crippen LogP contribution in [0.25, 0.3) is 10.9 Å². The third kappa shape index (κ3) is 4.70. The van der Waals surface area contributed by atoms with Crippen LogP contribution in [0.4, 0.5) is 5.69 Å². The first-order valence-electron chi connectivity index (χ1n) is 10.5. The zero-order valence-electron chi connectivity index (χ0n) is 17.7. The Morgan fingerprint density at radius 1 is 0.970 bits per heavy atom. The van der Waals surface area contributed by atoms with Crippen molar-refractivity contribution in [3.63, 3.8) is 0 Å². The molecule has 0 unspecified atom stereocenters. The van der Waals surface area contributed by atoms with Crippen LogP contribution in [0.1, 0.15) is 5.56 Å². The van der Waals surface area contributed by atoms with Crippen molar-refractivity contribution in [2.24, 2.45) is 0 Å². The highest BCUT2D eigenvalue weighted by Crippen LogP contribution is 2.32. The molecule has 1 aliphatic heterocycles. The Hall–Kier alpha value is -3.78. The molecular formula is C25H21N3O4S.